The SMILES string of the molecule is CN1CCN(CC(O)COc2ccc(C3OC(c4c(F)cccc4F)=NC3C(N)=O)cc2)CC1. The van der Waals surface area contributed by atoms with Crippen LogP contribution >= 0.6 is 0 Å². The summed E-state index contributed by atoms with van der Waals surface area (Å²) in [6.07, 6.45) is -1.56. The van der Waals surface area contributed by atoms with E-state index in [1.54, 1.807) is 24.3 Å². The second kappa shape index (κ2) is 10.5. The number of aliphatic hydroxyl groups is 1. The van der Waals surface area contributed by atoms with Crippen LogP contribution in [0.25, 0.3) is 0 Å². The molecule has 0 saturated carbocycles. The van der Waals surface area contributed by atoms with Crippen molar-refractivity contribution in [2.24, 2.45) is 10.7 Å². The smallest absolute Gasteiger partial charge is 0.246 e. The Bertz CT molecular complexity index is 1020. The number of benzene rings is 2. The topological polar surface area (TPSA) is 101 Å². The third kappa shape index (κ3) is 5.52. The Kier molecular flexibility index (Phi) is 7.40. The van der Waals surface area contributed by atoms with Gasteiger partial charge in [0.25, 0.3) is 0 Å². The maximum Gasteiger partial charge on any atom is 0.246 e. The van der Waals surface area contributed by atoms with Crippen LogP contribution in [0.1, 0.15) is 17.2 Å². The quantitative estimate of drug-likeness (QED) is 0.599. The molecular weight excluding hydrogens is 446 g/mol. The molecule has 0 radical (unpaired) electrons. The van der Waals surface area contributed by atoms with Gasteiger partial charge in [0.05, 0.1) is 0 Å². The number of rotatable bonds is 8. The normalized spacial score (nSPS) is 22.2. The molecule has 34 heavy (non-hydrogen) atoms. The van der Waals surface area contributed by atoms with Gasteiger partial charge in [-0.1, -0.05) is 18.2 Å². The minimum absolute atomic E-state index is 0.134. The Morgan fingerprint density at radius 3 is 2.44 bits per heavy atom. The molecule has 1 fully saturated rings. The van der Waals surface area contributed by atoms with E-state index < -0.39 is 41.4 Å². The molecule has 2 aliphatic rings. The molecule has 3 atom stereocenters. The summed E-state index contributed by atoms with van der Waals surface area (Å²) < 4.78 is 39.7. The van der Waals surface area contributed by atoms with Gasteiger partial charge in [0, 0.05) is 32.7 Å². The number of nitrogens with zero attached hydrogens (tertiary/aromatic N) is 3. The number of carbonyl (C=O) groups is 1. The summed E-state index contributed by atoms with van der Waals surface area (Å²) in [7, 11) is 2.08. The van der Waals surface area contributed by atoms with E-state index in [1.165, 1.54) is 6.07 Å². The summed E-state index contributed by atoms with van der Waals surface area (Å²) >= 11 is 0. The number of nitrogens with two attached hydrogens (primary N) is 1. The first-order valence-electron chi connectivity index (χ1n) is 11.1. The molecule has 182 valence electrons. The number of amides is 1. The third-order valence-electron chi connectivity index (χ3n) is 5.97. The van der Waals surface area contributed by atoms with Crippen molar-refractivity contribution in [2.75, 3.05) is 46.4 Å². The van der Waals surface area contributed by atoms with Crippen LogP contribution in [0, 0.1) is 11.6 Å². The summed E-state index contributed by atoms with van der Waals surface area (Å²) in [4.78, 5) is 20.4. The molecule has 1 amide bonds. The predicted molar refractivity (Wildman–Crippen MR) is 122 cm³/mol. The Morgan fingerprint density at radius 1 is 1.18 bits per heavy atom. The van der Waals surface area contributed by atoms with E-state index in [0.29, 0.717) is 17.9 Å². The fourth-order valence-electron chi connectivity index (χ4n) is 4.03. The third-order valence-corrected chi connectivity index (χ3v) is 5.97. The van der Waals surface area contributed by atoms with Crippen LogP contribution in [-0.4, -0.2) is 85.2 Å². The van der Waals surface area contributed by atoms with Crippen LogP contribution in [0.3, 0.4) is 0 Å². The summed E-state index contributed by atoms with van der Waals surface area (Å²) in [6, 6.07) is 8.93. The van der Waals surface area contributed by atoms with Crippen LogP contribution in [0.4, 0.5) is 8.78 Å². The molecule has 2 aromatic carbocycles. The number of aliphatic imine (C=N–C) groups is 1. The molecular formula is C24H28F2N4O4. The Labute approximate surface area is 196 Å². The van der Waals surface area contributed by atoms with Crippen molar-refractivity contribution in [3.05, 3.63) is 65.2 Å². The van der Waals surface area contributed by atoms with Gasteiger partial charge in [-0.25, -0.2) is 13.8 Å². The van der Waals surface area contributed by atoms with Crippen LogP contribution in [0.2, 0.25) is 0 Å². The molecule has 1 saturated heterocycles. The summed E-state index contributed by atoms with van der Waals surface area (Å²) in [5, 5.41) is 10.3. The van der Waals surface area contributed by atoms with Crippen LogP contribution in [0.15, 0.2) is 47.5 Å². The number of primary amides is 1. The zero-order chi connectivity index (χ0) is 24.2. The maximum absolute atomic E-state index is 14.2. The van der Waals surface area contributed by atoms with Gasteiger partial charge in [0.2, 0.25) is 11.8 Å². The van der Waals surface area contributed by atoms with E-state index in [0.717, 1.165) is 38.3 Å². The zero-order valence-electron chi connectivity index (χ0n) is 18.9. The molecule has 3 N–H and O–H groups in total. The molecule has 3 unspecified atom stereocenters. The van der Waals surface area contributed by atoms with E-state index >= 15 is 0 Å². The Balaban J connectivity index is 1.37. The predicted octanol–water partition coefficient (Wildman–Crippen LogP) is 1.32. The van der Waals surface area contributed by atoms with E-state index in [4.69, 9.17) is 15.2 Å². The molecule has 0 spiro atoms. The highest BCUT2D eigenvalue weighted by molar-refractivity contribution is 5.99. The fourth-order valence-corrected chi connectivity index (χ4v) is 4.03. The summed E-state index contributed by atoms with van der Waals surface area (Å²) in [5.41, 5.74) is 5.57. The highest BCUT2D eigenvalue weighted by atomic mass is 19.1. The lowest BCUT2D eigenvalue weighted by Crippen LogP contribution is -2.47. The first kappa shape index (κ1) is 24.1. The number of halogens is 2. The van der Waals surface area contributed by atoms with E-state index in [-0.39, 0.29) is 12.5 Å². The molecule has 8 nitrogen and oxygen atoms in total. The molecule has 4 rings (SSSR count). The number of aliphatic hydroxyl groups excluding tert-OH is 1. The van der Waals surface area contributed by atoms with Crippen molar-refractivity contribution < 1.29 is 28.2 Å². The molecule has 0 aromatic heterocycles. The molecule has 2 aliphatic heterocycles. The van der Waals surface area contributed by atoms with E-state index in [2.05, 4.69) is 21.8 Å². The molecule has 2 aromatic rings. The fraction of sp³-hybridized carbons (Fsp3) is 0.417. The monoisotopic (exact) mass is 474 g/mol. The van der Waals surface area contributed by atoms with Gasteiger partial charge < -0.3 is 25.2 Å². The number of likely N-dealkylation sites (N-methyl/N-ethyl adjacent to an activating group) is 1. The van der Waals surface area contributed by atoms with Gasteiger partial charge in [-0.3, -0.25) is 9.69 Å². The minimum Gasteiger partial charge on any atom is -0.491 e. The van der Waals surface area contributed by atoms with Crippen molar-refractivity contribution in [3.8, 4) is 5.75 Å². The standard InChI is InChI=1S/C24H28F2N4O4/c1-29-9-11-30(12-10-29)13-16(31)14-33-17-7-5-15(6-8-17)22-21(23(27)32)28-24(34-22)20-18(25)3-2-4-19(20)26/h2-8,16,21-22,31H,9-14H2,1H3,(H2,27,32). The van der Waals surface area contributed by atoms with Gasteiger partial charge in [-0.05, 0) is 36.9 Å². The van der Waals surface area contributed by atoms with Crippen molar-refractivity contribution in [2.45, 2.75) is 18.2 Å². The van der Waals surface area contributed by atoms with Crippen molar-refractivity contribution >= 4 is 11.8 Å². The molecule has 2 heterocycles. The number of piperazine rings is 1. The summed E-state index contributed by atoms with van der Waals surface area (Å²) in [5.74, 6) is -2.25. The van der Waals surface area contributed by atoms with E-state index in [9.17, 15) is 18.7 Å². The highest BCUT2D eigenvalue weighted by Crippen LogP contribution is 2.33. The molecule has 0 aliphatic carbocycles. The maximum atomic E-state index is 14.2. The van der Waals surface area contributed by atoms with Gasteiger partial charge >= 0.3 is 0 Å². The first-order chi connectivity index (χ1) is 16.3. The van der Waals surface area contributed by atoms with Gasteiger partial charge in [-0.2, -0.15) is 0 Å². The number of ether oxygens (including phenoxy) is 2. The van der Waals surface area contributed by atoms with Crippen molar-refractivity contribution in [1.29, 1.82) is 0 Å². The average molecular weight is 475 g/mol. The van der Waals surface area contributed by atoms with Crippen LogP contribution < -0.4 is 10.5 Å². The van der Waals surface area contributed by atoms with Crippen molar-refractivity contribution in [3.63, 3.8) is 0 Å². The van der Waals surface area contributed by atoms with E-state index in [1.807, 2.05) is 0 Å². The summed E-state index contributed by atoms with van der Waals surface area (Å²) in [6.45, 7) is 4.43. The number of carbonyl (C=O) groups excluding carboxylic acids is 1. The van der Waals surface area contributed by atoms with Gasteiger partial charge in [0.1, 0.15) is 35.7 Å². The zero-order valence-corrected chi connectivity index (χ0v) is 18.9. The second-order valence-electron chi connectivity index (χ2n) is 8.55. The van der Waals surface area contributed by atoms with Crippen LogP contribution in [-0.2, 0) is 9.53 Å². The van der Waals surface area contributed by atoms with Crippen LogP contribution in [0.5, 0.6) is 5.75 Å². The lowest BCUT2D eigenvalue weighted by atomic mass is 10.0. The number of hydrogen-bond donors (Lipinski definition) is 2. The number of hydrogen-bond acceptors (Lipinski definition) is 7. The first-order valence-corrected chi connectivity index (χ1v) is 11.1. The molecule has 10 heteroatoms. The van der Waals surface area contributed by atoms with Gasteiger partial charge in [-0.15, -0.1) is 0 Å². The molecule has 0 bridgehead atoms. The minimum atomic E-state index is -1.13. The largest absolute Gasteiger partial charge is 0.491 e. The van der Waals surface area contributed by atoms with Gasteiger partial charge in [0.15, 0.2) is 12.1 Å². The highest BCUT2D eigenvalue weighted by Gasteiger charge is 2.38. The number of β-amino-alcohol motifs (C(OH)–C–C–N with tert-alkyl or cyclic N) is 1. The lowest BCUT2D eigenvalue weighted by Gasteiger charge is -2.33. The Morgan fingerprint density at radius 2 is 1.82 bits per heavy atom. The second-order valence-corrected chi connectivity index (χ2v) is 8.55. The average Bonchev–Trinajstić information content (AvgIpc) is 3.25. The lowest BCUT2D eigenvalue weighted by molar-refractivity contribution is -0.120. The Hall–Kier alpha value is -3.08. The van der Waals surface area contributed by atoms with Crippen molar-refractivity contribution in [1.82, 2.24) is 9.80 Å².